The van der Waals surface area contributed by atoms with Gasteiger partial charge in [0.15, 0.2) is 5.82 Å². The second kappa shape index (κ2) is 5.71. The van der Waals surface area contributed by atoms with Crippen molar-refractivity contribution in [3.63, 3.8) is 0 Å². The van der Waals surface area contributed by atoms with Crippen molar-refractivity contribution in [2.75, 3.05) is 0 Å². The molecule has 2 heterocycles. The highest BCUT2D eigenvalue weighted by Crippen LogP contribution is 2.21. The highest BCUT2D eigenvalue weighted by atomic mass is 16.5. The van der Waals surface area contributed by atoms with E-state index in [1.807, 2.05) is 13.8 Å². The molecule has 3 aromatic rings. The van der Waals surface area contributed by atoms with Crippen LogP contribution in [0, 0.1) is 13.8 Å². The van der Waals surface area contributed by atoms with Gasteiger partial charge in [-0.25, -0.2) is 4.79 Å². The maximum absolute atomic E-state index is 12.1. The van der Waals surface area contributed by atoms with Crippen LogP contribution < -0.4 is 10.4 Å². The van der Waals surface area contributed by atoms with E-state index in [2.05, 4.69) is 15.5 Å². The molecule has 3 rings (SSSR count). The monoisotopic (exact) mass is 316 g/mol. The van der Waals surface area contributed by atoms with Crippen LogP contribution in [0.5, 0.6) is 5.75 Å². The van der Waals surface area contributed by atoms with Crippen LogP contribution in [0.25, 0.3) is 5.82 Å². The fourth-order valence-corrected chi connectivity index (χ4v) is 2.23. The van der Waals surface area contributed by atoms with Crippen molar-refractivity contribution in [2.45, 2.75) is 20.5 Å². The maximum atomic E-state index is 12.1. The minimum Gasteiger partial charge on any atom is -0.488 e. The van der Waals surface area contributed by atoms with Crippen LogP contribution >= 0.6 is 0 Å². The molecule has 0 atom stereocenters. The van der Waals surface area contributed by atoms with E-state index in [-0.39, 0.29) is 12.3 Å². The van der Waals surface area contributed by atoms with Gasteiger partial charge in [0, 0.05) is 19.8 Å². The van der Waals surface area contributed by atoms with E-state index in [0.717, 1.165) is 26.2 Å². The topological polar surface area (TPSA) is 79.8 Å². The zero-order chi connectivity index (χ0) is 17.4. The molecule has 0 unspecified atom stereocenters. The molecule has 0 radical (unpaired) electrons. The van der Waals surface area contributed by atoms with Gasteiger partial charge in [0.05, 0.1) is 6.93 Å². The predicted octanol–water partition coefficient (Wildman–Crippen LogP) is 0.895. The van der Waals surface area contributed by atoms with Crippen LogP contribution in [0.3, 0.4) is 0 Å². The number of rotatable bonds is 4. The van der Waals surface area contributed by atoms with Crippen molar-refractivity contribution in [1.29, 1.82) is 0 Å². The van der Waals surface area contributed by atoms with Gasteiger partial charge in [0.2, 0.25) is 0 Å². The third kappa shape index (κ3) is 2.63. The van der Waals surface area contributed by atoms with Crippen LogP contribution in [0.15, 0.2) is 29.0 Å². The smallest absolute Gasteiger partial charge is 0.369 e. The van der Waals surface area contributed by atoms with Crippen molar-refractivity contribution < 1.29 is 6.11 Å². The van der Waals surface area contributed by atoms with Crippen molar-refractivity contribution in [3.05, 3.63) is 51.5 Å². The zero-order valence-corrected chi connectivity index (χ0v) is 13.4. The van der Waals surface area contributed by atoms with Gasteiger partial charge in [0.1, 0.15) is 12.4 Å². The molecule has 0 saturated heterocycles. The molecule has 0 spiro atoms. The molecule has 8 heteroatoms. The summed E-state index contributed by atoms with van der Waals surface area (Å²) >= 11 is 0. The Kier molecular flexibility index (Phi) is 3.41. The molecule has 2 aromatic heterocycles. The summed E-state index contributed by atoms with van der Waals surface area (Å²) in [7, 11) is 3.33. The largest absolute Gasteiger partial charge is 0.488 e. The Bertz CT molecular complexity index is 956. The minimum atomic E-state index is -0.371. The Morgan fingerprint density at radius 2 is 2.00 bits per heavy atom. The fraction of sp³-hybridized carbons (Fsp3) is 0.333. The predicted molar refractivity (Wildman–Crippen MR) is 83.6 cm³/mol. The molecule has 0 aliphatic heterocycles. The number of tetrazole rings is 1. The van der Waals surface area contributed by atoms with E-state index >= 15 is 0 Å². The van der Waals surface area contributed by atoms with Crippen LogP contribution in [0.4, 0.5) is 0 Å². The third-order valence-electron chi connectivity index (χ3n) is 3.75. The second-order valence-corrected chi connectivity index (χ2v) is 5.29. The number of hydrogen-bond donors (Lipinski definition) is 0. The molecule has 120 valence electrons. The summed E-state index contributed by atoms with van der Waals surface area (Å²) in [6, 6.07) is 5.60. The number of para-hydroxylation sites is 1. The first-order chi connectivity index (χ1) is 11.4. The van der Waals surface area contributed by atoms with Gasteiger partial charge in [-0.2, -0.15) is 9.78 Å². The molecule has 0 fully saturated rings. The number of nitrogens with zero attached hydrogens (tertiary/aromatic N) is 6. The molecule has 23 heavy (non-hydrogen) atoms. The van der Waals surface area contributed by atoms with E-state index in [4.69, 9.17) is 6.11 Å². The summed E-state index contributed by atoms with van der Waals surface area (Å²) in [5.41, 5.74) is 2.14. The lowest BCUT2D eigenvalue weighted by Gasteiger charge is -2.09. The lowest BCUT2D eigenvalue weighted by molar-refractivity contribution is 0.302. The first kappa shape index (κ1) is 13.7. The first-order valence-corrected chi connectivity index (χ1v) is 7.10. The molecule has 0 aliphatic carbocycles. The Hall–Kier alpha value is -2.90. The minimum absolute atomic E-state index is 0.232. The second-order valence-electron chi connectivity index (χ2n) is 5.29. The lowest BCUT2D eigenvalue weighted by atomic mass is 10.2. The molecular weight excluding hydrogens is 296 g/mol. The number of aryl methyl sites for hydroxylation is 3. The van der Waals surface area contributed by atoms with Gasteiger partial charge in [0.25, 0.3) is 0 Å². The van der Waals surface area contributed by atoms with Gasteiger partial charge in [-0.05, 0) is 35.9 Å². The summed E-state index contributed by atoms with van der Waals surface area (Å²) in [4.78, 5) is 12.1. The maximum Gasteiger partial charge on any atom is 0.369 e. The number of benzene rings is 1. The number of aromatic nitrogens is 6. The summed E-state index contributed by atoms with van der Waals surface area (Å²) in [5.74, 6) is 1.09. The molecule has 0 saturated carbocycles. The summed E-state index contributed by atoms with van der Waals surface area (Å²) < 4.78 is 17.5. The Morgan fingerprint density at radius 3 is 2.65 bits per heavy atom. The van der Waals surface area contributed by atoms with Crippen molar-refractivity contribution in [2.24, 2.45) is 14.1 Å². The normalized spacial score (nSPS) is 11.6. The molecule has 1 aromatic carbocycles. The van der Waals surface area contributed by atoms with Gasteiger partial charge in [-0.15, -0.1) is 4.68 Å². The fourth-order valence-electron chi connectivity index (χ4n) is 2.23. The summed E-state index contributed by atoms with van der Waals surface area (Å²) in [5, 5.41) is 11.9. The van der Waals surface area contributed by atoms with E-state index in [9.17, 15) is 4.79 Å². The molecule has 0 bridgehead atoms. The van der Waals surface area contributed by atoms with Gasteiger partial charge in [-0.3, -0.25) is 4.68 Å². The Balaban J connectivity index is 1.96. The van der Waals surface area contributed by atoms with E-state index in [1.165, 1.54) is 7.05 Å². The quantitative estimate of drug-likeness (QED) is 0.714. The van der Waals surface area contributed by atoms with E-state index in [1.54, 1.807) is 29.9 Å². The molecule has 8 nitrogen and oxygen atoms in total. The van der Waals surface area contributed by atoms with E-state index < -0.39 is 0 Å². The van der Waals surface area contributed by atoms with Gasteiger partial charge >= 0.3 is 5.69 Å². The van der Waals surface area contributed by atoms with Crippen molar-refractivity contribution in [1.82, 2.24) is 29.6 Å². The van der Waals surface area contributed by atoms with Crippen molar-refractivity contribution >= 4 is 0 Å². The van der Waals surface area contributed by atoms with Crippen LogP contribution in [0.2, 0.25) is 0 Å². The molecular formula is C15H18N6O2. The van der Waals surface area contributed by atoms with Gasteiger partial charge < -0.3 is 4.74 Å². The Morgan fingerprint density at radius 1 is 1.22 bits per heavy atom. The van der Waals surface area contributed by atoms with Crippen LogP contribution in [-0.2, 0) is 20.7 Å². The third-order valence-corrected chi connectivity index (χ3v) is 3.75. The van der Waals surface area contributed by atoms with Crippen LogP contribution in [-0.4, -0.2) is 29.6 Å². The van der Waals surface area contributed by atoms with E-state index in [0.29, 0.717) is 17.6 Å². The number of hydrogen-bond acceptors (Lipinski definition) is 5. The highest BCUT2D eigenvalue weighted by molar-refractivity contribution is 5.37. The lowest BCUT2D eigenvalue weighted by Crippen LogP contribution is -2.23. The van der Waals surface area contributed by atoms with Gasteiger partial charge in [-0.1, -0.05) is 18.2 Å². The van der Waals surface area contributed by atoms with Crippen LogP contribution in [0.1, 0.15) is 18.2 Å². The summed E-state index contributed by atoms with van der Waals surface area (Å²) in [6.45, 7) is 4.02. The summed E-state index contributed by atoms with van der Waals surface area (Å²) in [6.07, 6.45) is 0. The number of ether oxygens (including phenoxy) is 1. The molecule has 0 aliphatic rings. The Labute approximate surface area is 134 Å². The standard InChI is InChI=1S/C15H18N6O2/c1-10-7-5-6-8-13(10)23-9-12-11(2)19(3)16-14(12)21-15(22)20(4)17-18-21/h5-8H,9H2,1-4H3/i5T. The molecule has 0 amide bonds. The SMILES string of the molecule is [3H]c1ccc(OCc2c(-n3nnn(C)c3=O)nn(C)c2C)c(C)c1. The average molecular weight is 316 g/mol. The first-order valence-electron chi connectivity index (χ1n) is 7.60. The molecule has 0 N–H and O–H groups in total. The highest BCUT2D eigenvalue weighted by Gasteiger charge is 2.19. The van der Waals surface area contributed by atoms with Crippen molar-refractivity contribution in [3.8, 4) is 11.6 Å². The average Bonchev–Trinajstić information content (AvgIpc) is 3.00. The zero-order valence-electron chi connectivity index (χ0n) is 14.4.